The summed E-state index contributed by atoms with van der Waals surface area (Å²) in [6, 6.07) is 13.6. The van der Waals surface area contributed by atoms with E-state index in [4.69, 9.17) is 11.0 Å². The number of nitrogens with two attached hydrogens (primary N) is 1. The minimum atomic E-state index is -0.857. The lowest BCUT2D eigenvalue weighted by atomic mass is 9.93. The Morgan fingerprint density at radius 2 is 2.13 bits per heavy atom. The van der Waals surface area contributed by atoms with Gasteiger partial charge in [0.2, 0.25) is 5.91 Å². The van der Waals surface area contributed by atoms with Gasteiger partial charge in [0.1, 0.15) is 11.6 Å². The number of aliphatic hydroxyl groups is 1. The summed E-state index contributed by atoms with van der Waals surface area (Å²) < 4.78 is 0. The number of hydrogen-bond acceptors (Lipinski definition) is 6. The quantitative estimate of drug-likeness (QED) is 0.602. The van der Waals surface area contributed by atoms with Gasteiger partial charge < -0.3 is 16.2 Å². The first-order valence-corrected chi connectivity index (χ1v) is 9.82. The fourth-order valence-electron chi connectivity index (χ4n) is 3.62. The second kappa shape index (κ2) is 7.39. The van der Waals surface area contributed by atoms with Crippen molar-refractivity contribution in [2.75, 3.05) is 11.1 Å². The van der Waals surface area contributed by atoms with Crippen molar-refractivity contribution in [3.05, 3.63) is 48.2 Å². The Morgan fingerprint density at radius 1 is 1.37 bits per heavy atom. The van der Waals surface area contributed by atoms with Crippen molar-refractivity contribution in [3.63, 3.8) is 0 Å². The summed E-state index contributed by atoms with van der Waals surface area (Å²) in [5.41, 5.74) is 7.89. The van der Waals surface area contributed by atoms with Crippen LogP contribution in [0.15, 0.2) is 42.6 Å². The molecule has 0 saturated heterocycles. The Labute approximate surface area is 174 Å². The van der Waals surface area contributed by atoms with Crippen LogP contribution in [0.1, 0.15) is 25.8 Å². The third kappa shape index (κ3) is 4.09. The summed E-state index contributed by atoms with van der Waals surface area (Å²) in [5.74, 6) is 0.102. The molecule has 0 aliphatic heterocycles. The molecule has 1 aromatic carbocycles. The lowest BCUT2D eigenvalue weighted by molar-refractivity contribution is -0.117. The summed E-state index contributed by atoms with van der Waals surface area (Å²) in [6.45, 7) is 3.53. The zero-order valence-corrected chi connectivity index (χ0v) is 16.9. The number of benzene rings is 1. The highest BCUT2D eigenvalue weighted by atomic mass is 16.3. The molecule has 1 saturated carbocycles. The standard InChI is InChI=1S/C23H23N5O2/c1-23(2,30)10-13-5-3-4-6-16(13)19-8-14-9-20(26-12-18(14)21(25)27-19)28-22(29)17-7-15(17)11-24/h3-6,8-9,12,15,17,30H,7,10H2,1-2H3,(H2,25,27)(H,26,28,29)/t15-,17+/m0/s1. The molecule has 0 spiro atoms. The van der Waals surface area contributed by atoms with Gasteiger partial charge in [-0.1, -0.05) is 24.3 Å². The Balaban J connectivity index is 1.70. The molecule has 4 N–H and O–H groups in total. The van der Waals surface area contributed by atoms with Gasteiger partial charge in [0, 0.05) is 23.6 Å². The third-order valence-electron chi connectivity index (χ3n) is 5.21. The molecule has 0 radical (unpaired) electrons. The number of nitrogen functional groups attached to an aromatic ring is 1. The molecule has 7 nitrogen and oxygen atoms in total. The summed E-state index contributed by atoms with van der Waals surface area (Å²) in [4.78, 5) is 21.1. The number of hydrogen-bond donors (Lipinski definition) is 3. The molecule has 152 valence electrons. The van der Waals surface area contributed by atoms with Crippen molar-refractivity contribution < 1.29 is 9.90 Å². The molecular weight excluding hydrogens is 378 g/mol. The number of amides is 1. The van der Waals surface area contributed by atoms with Crippen molar-refractivity contribution in [2.45, 2.75) is 32.3 Å². The lowest BCUT2D eigenvalue weighted by Gasteiger charge is -2.19. The highest BCUT2D eigenvalue weighted by Crippen LogP contribution is 2.38. The molecule has 2 aromatic heterocycles. The molecule has 0 unspecified atom stereocenters. The number of nitrogens with one attached hydrogen (secondary N) is 1. The highest BCUT2D eigenvalue weighted by Gasteiger charge is 2.43. The van der Waals surface area contributed by atoms with Crippen LogP contribution < -0.4 is 11.1 Å². The zero-order valence-electron chi connectivity index (χ0n) is 16.9. The first-order valence-electron chi connectivity index (χ1n) is 9.82. The molecular formula is C23H23N5O2. The molecule has 0 bridgehead atoms. The van der Waals surface area contributed by atoms with E-state index in [-0.39, 0.29) is 17.7 Å². The van der Waals surface area contributed by atoms with Crippen molar-refractivity contribution >= 4 is 28.3 Å². The fourth-order valence-corrected chi connectivity index (χ4v) is 3.62. The molecule has 2 heterocycles. The second-order valence-corrected chi connectivity index (χ2v) is 8.40. The van der Waals surface area contributed by atoms with Crippen LogP contribution in [-0.2, 0) is 11.2 Å². The molecule has 2 atom stereocenters. The predicted octanol–water partition coefficient (Wildman–Crippen LogP) is 3.29. The lowest BCUT2D eigenvalue weighted by Crippen LogP contribution is -2.22. The van der Waals surface area contributed by atoms with E-state index in [0.717, 1.165) is 16.5 Å². The van der Waals surface area contributed by atoms with Crippen molar-refractivity contribution in [1.29, 1.82) is 5.26 Å². The zero-order chi connectivity index (χ0) is 21.5. The van der Waals surface area contributed by atoms with E-state index in [2.05, 4.69) is 21.4 Å². The molecule has 1 amide bonds. The van der Waals surface area contributed by atoms with Gasteiger partial charge in [-0.25, -0.2) is 9.97 Å². The molecule has 1 aliphatic rings. The Hall–Kier alpha value is -3.50. The van der Waals surface area contributed by atoms with Crippen LogP contribution in [0.4, 0.5) is 11.6 Å². The summed E-state index contributed by atoms with van der Waals surface area (Å²) >= 11 is 0. The first kappa shape index (κ1) is 19.8. The maximum Gasteiger partial charge on any atom is 0.230 e. The fraction of sp³-hybridized carbons (Fsp3) is 0.304. The summed E-state index contributed by atoms with van der Waals surface area (Å²) in [6.07, 6.45) is 2.66. The van der Waals surface area contributed by atoms with Gasteiger partial charge in [0.25, 0.3) is 0 Å². The number of fused-ring (bicyclic) bond motifs is 1. The highest BCUT2D eigenvalue weighted by molar-refractivity contribution is 5.98. The van der Waals surface area contributed by atoms with Gasteiger partial charge >= 0.3 is 0 Å². The van der Waals surface area contributed by atoms with Crippen LogP contribution >= 0.6 is 0 Å². The number of rotatable bonds is 5. The van der Waals surface area contributed by atoms with Gasteiger partial charge in [-0.3, -0.25) is 4.79 Å². The number of carbonyl (C=O) groups excluding carboxylic acids is 1. The Morgan fingerprint density at radius 3 is 2.83 bits per heavy atom. The van der Waals surface area contributed by atoms with Gasteiger partial charge in [-0.05, 0) is 43.4 Å². The second-order valence-electron chi connectivity index (χ2n) is 8.40. The van der Waals surface area contributed by atoms with Crippen LogP contribution in [-0.4, -0.2) is 26.6 Å². The van der Waals surface area contributed by atoms with Crippen molar-refractivity contribution in [1.82, 2.24) is 9.97 Å². The maximum atomic E-state index is 12.3. The van der Waals surface area contributed by atoms with E-state index < -0.39 is 5.60 Å². The van der Waals surface area contributed by atoms with E-state index in [1.165, 1.54) is 0 Å². The number of carbonyl (C=O) groups is 1. The molecule has 1 fully saturated rings. The average molecular weight is 401 g/mol. The van der Waals surface area contributed by atoms with Gasteiger partial charge in [0.05, 0.1) is 29.2 Å². The van der Waals surface area contributed by atoms with Gasteiger partial charge in [-0.2, -0.15) is 5.26 Å². The van der Waals surface area contributed by atoms with Crippen molar-refractivity contribution in [2.24, 2.45) is 11.8 Å². The first-order chi connectivity index (χ1) is 14.2. The summed E-state index contributed by atoms with van der Waals surface area (Å²) in [7, 11) is 0. The molecule has 3 aromatic rings. The number of nitriles is 1. The SMILES string of the molecule is CC(C)(O)Cc1ccccc1-c1cc2cc(NC(=O)[C@@H]3C[C@H]3C#N)ncc2c(N)n1. The van der Waals surface area contributed by atoms with E-state index in [1.807, 2.05) is 30.3 Å². The Kier molecular flexibility index (Phi) is 4.88. The smallest absolute Gasteiger partial charge is 0.230 e. The van der Waals surface area contributed by atoms with Crippen molar-refractivity contribution in [3.8, 4) is 17.3 Å². The molecule has 1 aliphatic carbocycles. The van der Waals surface area contributed by atoms with E-state index in [1.54, 1.807) is 26.1 Å². The topological polar surface area (TPSA) is 125 Å². The van der Waals surface area contributed by atoms with Crippen LogP contribution in [0.3, 0.4) is 0 Å². The predicted molar refractivity (Wildman–Crippen MR) is 115 cm³/mol. The van der Waals surface area contributed by atoms with Crippen LogP contribution in [0.5, 0.6) is 0 Å². The normalized spacial score (nSPS) is 18.1. The Bertz CT molecular complexity index is 1180. The van der Waals surface area contributed by atoms with Crippen LogP contribution in [0, 0.1) is 23.2 Å². The van der Waals surface area contributed by atoms with Gasteiger partial charge in [-0.15, -0.1) is 0 Å². The number of nitrogens with zero attached hydrogens (tertiary/aromatic N) is 3. The van der Waals surface area contributed by atoms with Crippen LogP contribution in [0.25, 0.3) is 22.0 Å². The number of aromatic nitrogens is 2. The third-order valence-corrected chi connectivity index (χ3v) is 5.21. The largest absolute Gasteiger partial charge is 0.390 e. The van der Waals surface area contributed by atoms with E-state index >= 15 is 0 Å². The maximum absolute atomic E-state index is 12.3. The molecule has 30 heavy (non-hydrogen) atoms. The summed E-state index contributed by atoms with van der Waals surface area (Å²) in [5, 5.41) is 23.5. The molecule has 7 heteroatoms. The number of pyridine rings is 2. The minimum Gasteiger partial charge on any atom is -0.390 e. The minimum absolute atomic E-state index is 0.189. The van der Waals surface area contributed by atoms with E-state index in [9.17, 15) is 9.90 Å². The monoisotopic (exact) mass is 401 g/mol. The van der Waals surface area contributed by atoms with Gasteiger partial charge in [0.15, 0.2) is 0 Å². The molecule has 4 rings (SSSR count). The average Bonchev–Trinajstić information content (AvgIpc) is 3.47. The number of anilines is 2. The van der Waals surface area contributed by atoms with Crippen LogP contribution in [0.2, 0.25) is 0 Å². The van der Waals surface area contributed by atoms with E-state index in [0.29, 0.717) is 35.6 Å².